The lowest BCUT2D eigenvalue weighted by molar-refractivity contribution is -0.137. The zero-order valence-corrected chi connectivity index (χ0v) is 23.5. The van der Waals surface area contributed by atoms with Crippen molar-refractivity contribution in [1.29, 1.82) is 0 Å². The molecule has 0 amide bonds. The molecule has 5 heteroatoms. The largest absolute Gasteiger partial charge is 0.494 e. The molecule has 1 aromatic carbocycles. The summed E-state index contributed by atoms with van der Waals surface area (Å²) < 4.78 is 16.6. The predicted molar refractivity (Wildman–Crippen MR) is 152 cm³/mol. The van der Waals surface area contributed by atoms with E-state index in [2.05, 4.69) is 19.6 Å². The highest BCUT2D eigenvalue weighted by atomic mass is 16.5. The molecule has 5 nitrogen and oxygen atoms in total. The fourth-order valence-electron chi connectivity index (χ4n) is 5.70. The monoisotopic (exact) mass is 524 g/mol. The average Bonchev–Trinajstić information content (AvgIpc) is 2.95. The number of esters is 2. The molecule has 0 bridgehead atoms. The molecule has 1 atom stereocenters. The molecule has 2 aliphatic rings. The second-order valence-corrected chi connectivity index (χ2v) is 11.0. The maximum absolute atomic E-state index is 12.7. The van der Waals surface area contributed by atoms with Gasteiger partial charge in [0, 0.05) is 12.5 Å². The van der Waals surface area contributed by atoms with Crippen LogP contribution < -0.4 is 4.74 Å². The number of carbonyl (C=O) groups is 2. The smallest absolute Gasteiger partial charge is 0.338 e. The molecule has 1 saturated carbocycles. The fraction of sp³-hybridized carbons (Fsp3) is 0.636. The Balaban J connectivity index is 1.29. The van der Waals surface area contributed by atoms with Crippen molar-refractivity contribution in [3.63, 3.8) is 0 Å². The van der Waals surface area contributed by atoms with E-state index in [0.29, 0.717) is 18.8 Å². The van der Waals surface area contributed by atoms with E-state index in [1.54, 1.807) is 17.7 Å². The van der Waals surface area contributed by atoms with Crippen LogP contribution in [0.2, 0.25) is 0 Å². The summed E-state index contributed by atoms with van der Waals surface area (Å²) in [4.78, 5) is 23.7. The Morgan fingerprint density at radius 3 is 2.32 bits per heavy atom. The minimum atomic E-state index is -0.369. The highest BCUT2D eigenvalue weighted by Crippen LogP contribution is 2.39. The van der Waals surface area contributed by atoms with Crippen molar-refractivity contribution in [2.75, 3.05) is 13.2 Å². The maximum Gasteiger partial charge on any atom is 0.338 e. The minimum Gasteiger partial charge on any atom is -0.494 e. The van der Waals surface area contributed by atoms with Crippen molar-refractivity contribution in [3.8, 4) is 5.75 Å². The quantitative estimate of drug-likeness (QED) is 0.0940. The highest BCUT2D eigenvalue weighted by molar-refractivity contribution is 5.89. The molecule has 0 saturated heterocycles. The molecule has 2 aliphatic carbocycles. The van der Waals surface area contributed by atoms with Crippen LogP contribution >= 0.6 is 0 Å². The number of carbonyl (C=O) groups excluding carboxylic acids is 2. The first-order valence-corrected chi connectivity index (χ1v) is 15.0. The molecular formula is C33H48O5. The van der Waals surface area contributed by atoms with Gasteiger partial charge in [-0.15, -0.1) is 0 Å². The van der Waals surface area contributed by atoms with Crippen molar-refractivity contribution in [3.05, 3.63) is 54.1 Å². The zero-order valence-electron chi connectivity index (χ0n) is 23.5. The van der Waals surface area contributed by atoms with Gasteiger partial charge in [0.25, 0.3) is 0 Å². The van der Waals surface area contributed by atoms with Gasteiger partial charge in [-0.25, -0.2) is 9.59 Å². The van der Waals surface area contributed by atoms with Crippen LogP contribution in [-0.2, 0) is 14.3 Å². The molecule has 0 aliphatic heterocycles. The molecule has 0 N–H and O–H groups in total. The summed E-state index contributed by atoms with van der Waals surface area (Å²) >= 11 is 0. The van der Waals surface area contributed by atoms with Crippen molar-refractivity contribution >= 4 is 11.9 Å². The van der Waals surface area contributed by atoms with Gasteiger partial charge in [0.05, 0.1) is 18.8 Å². The zero-order chi connectivity index (χ0) is 27.0. The third-order valence-corrected chi connectivity index (χ3v) is 8.07. The Morgan fingerprint density at radius 2 is 1.66 bits per heavy atom. The van der Waals surface area contributed by atoms with Crippen molar-refractivity contribution in [1.82, 2.24) is 0 Å². The molecular weight excluding hydrogens is 476 g/mol. The van der Waals surface area contributed by atoms with Crippen LogP contribution in [0.3, 0.4) is 0 Å². The van der Waals surface area contributed by atoms with E-state index in [1.165, 1.54) is 57.4 Å². The molecule has 1 fully saturated rings. The van der Waals surface area contributed by atoms with Crippen LogP contribution in [0.15, 0.2) is 48.6 Å². The number of hydrogen-bond donors (Lipinski definition) is 0. The Hall–Kier alpha value is -2.56. The van der Waals surface area contributed by atoms with E-state index < -0.39 is 0 Å². The van der Waals surface area contributed by atoms with Crippen LogP contribution in [0.1, 0.15) is 114 Å². The van der Waals surface area contributed by atoms with Crippen molar-refractivity contribution in [2.24, 2.45) is 11.8 Å². The molecule has 3 rings (SSSR count). The van der Waals surface area contributed by atoms with Crippen LogP contribution in [0, 0.1) is 11.8 Å². The van der Waals surface area contributed by atoms with E-state index in [1.807, 2.05) is 12.1 Å². The number of hydrogen-bond acceptors (Lipinski definition) is 5. The van der Waals surface area contributed by atoms with Gasteiger partial charge < -0.3 is 14.2 Å². The first-order chi connectivity index (χ1) is 18.6. The number of allylic oxidation sites excluding steroid dienone is 1. The Morgan fingerprint density at radius 1 is 0.921 bits per heavy atom. The Labute approximate surface area is 230 Å². The van der Waals surface area contributed by atoms with Gasteiger partial charge in [0.1, 0.15) is 11.9 Å². The second kappa shape index (κ2) is 17.1. The van der Waals surface area contributed by atoms with E-state index >= 15 is 0 Å². The van der Waals surface area contributed by atoms with Gasteiger partial charge in [-0.1, -0.05) is 50.8 Å². The summed E-state index contributed by atoms with van der Waals surface area (Å²) in [6.45, 7) is 6.71. The van der Waals surface area contributed by atoms with Crippen LogP contribution in [0.25, 0.3) is 0 Å². The van der Waals surface area contributed by atoms with E-state index in [-0.39, 0.29) is 18.0 Å². The normalized spacial score (nSPS) is 21.3. The molecule has 210 valence electrons. The van der Waals surface area contributed by atoms with Crippen molar-refractivity contribution in [2.45, 2.75) is 109 Å². The summed E-state index contributed by atoms with van der Waals surface area (Å²) in [6.07, 6.45) is 21.1. The summed E-state index contributed by atoms with van der Waals surface area (Å²) in [5.41, 5.74) is 2.18. The van der Waals surface area contributed by atoms with Crippen LogP contribution in [0.5, 0.6) is 5.75 Å². The fourth-order valence-corrected chi connectivity index (χ4v) is 5.70. The first kappa shape index (κ1) is 30.0. The Bertz CT molecular complexity index is 879. The third-order valence-electron chi connectivity index (χ3n) is 8.07. The average molecular weight is 525 g/mol. The molecule has 0 aromatic heterocycles. The highest BCUT2D eigenvalue weighted by Gasteiger charge is 2.27. The molecule has 0 spiro atoms. The number of rotatable bonds is 16. The molecule has 0 heterocycles. The topological polar surface area (TPSA) is 61.8 Å². The number of unbranched alkanes of at least 4 members (excludes halogenated alkanes) is 5. The predicted octanol–water partition coefficient (Wildman–Crippen LogP) is 8.38. The molecule has 0 radical (unpaired) electrons. The minimum absolute atomic E-state index is 0.0205. The molecule has 38 heavy (non-hydrogen) atoms. The van der Waals surface area contributed by atoms with E-state index in [0.717, 1.165) is 62.5 Å². The lowest BCUT2D eigenvalue weighted by Gasteiger charge is -2.33. The third kappa shape index (κ3) is 10.7. The van der Waals surface area contributed by atoms with Gasteiger partial charge in [-0.2, -0.15) is 0 Å². The Kier molecular flexibility index (Phi) is 13.5. The van der Waals surface area contributed by atoms with Gasteiger partial charge in [0.15, 0.2) is 0 Å². The number of benzene rings is 1. The lowest BCUT2D eigenvalue weighted by Crippen LogP contribution is -2.23. The van der Waals surface area contributed by atoms with Crippen LogP contribution in [-0.4, -0.2) is 31.3 Å². The maximum atomic E-state index is 12.7. The van der Waals surface area contributed by atoms with Gasteiger partial charge in [-0.3, -0.25) is 0 Å². The standard InChI is InChI=1S/C33H48O5/c1-3-5-8-11-26-12-14-27(15-13-26)28-16-22-31(23-17-28)38-33(35)29-18-20-30(21-19-29)36-24-9-6-7-10-25-37-32(34)4-2/h4,16,18-21,26-27,31H,2-3,5-15,17,22-25H2,1H3. The first-order valence-electron chi connectivity index (χ1n) is 15.0. The van der Waals surface area contributed by atoms with Gasteiger partial charge >= 0.3 is 11.9 Å². The second-order valence-electron chi connectivity index (χ2n) is 11.0. The molecule has 1 unspecified atom stereocenters. The molecule has 1 aromatic rings. The SMILES string of the molecule is C=CC(=O)OCCCCCCOc1ccc(C(=O)OC2CC=C(C3CCC(CCCCC)CC3)CC2)cc1. The van der Waals surface area contributed by atoms with Gasteiger partial charge in [0.2, 0.25) is 0 Å². The van der Waals surface area contributed by atoms with E-state index in [4.69, 9.17) is 14.2 Å². The number of ether oxygens (including phenoxy) is 3. The van der Waals surface area contributed by atoms with Crippen molar-refractivity contribution < 1.29 is 23.8 Å². The van der Waals surface area contributed by atoms with Crippen LogP contribution in [0.4, 0.5) is 0 Å². The van der Waals surface area contributed by atoms with E-state index in [9.17, 15) is 9.59 Å². The lowest BCUT2D eigenvalue weighted by atomic mass is 9.74. The van der Waals surface area contributed by atoms with Gasteiger partial charge in [-0.05, 0) is 100 Å². The summed E-state index contributed by atoms with van der Waals surface area (Å²) in [7, 11) is 0. The summed E-state index contributed by atoms with van der Waals surface area (Å²) in [5, 5.41) is 0. The summed E-state index contributed by atoms with van der Waals surface area (Å²) in [6, 6.07) is 7.24. The summed E-state index contributed by atoms with van der Waals surface area (Å²) in [5.74, 6) is 1.84.